The van der Waals surface area contributed by atoms with E-state index in [1.165, 1.54) is 9.80 Å². The van der Waals surface area contributed by atoms with Crippen molar-refractivity contribution in [1.82, 2.24) is 30.2 Å². The summed E-state index contributed by atoms with van der Waals surface area (Å²) in [5.41, 5.74) is 11.7. The summed E-state index contributed by atoms with van der Waals surface area (Å²) in [5, 5.41) is 16.4. The van der Waals surface area contributed by atoms with E-state index in [1.54, 1.807) is 7.05 Å². The van der Waals surface area contributed by atoms with Crippen molar-refractivity contribution in [3.63, 3.8) is 0 Å². The SMILES string of the molecule is CN1CC(=O)N(C[C@@H]2N=C(N)N3CC(NC(=O)N4CCCCC4)C(CCO)[C@@]34NC(N)=NC24)C1=O. The zero-order valence-corrected chi connectivity index (χ0v) is 19.9. The van der Waals surface area contributed by atoms with Crippen molar-refractivity contribution < 1.29 is 19.5 Å². The number of likely N-dealkylation sites (tertiary alicyclic amines) is 1. The maximum absolute atomic E-state index is 13.1. The Morgan fingerprint density at radius 3 is 2.63 bits per heavy atom. The quantitative estimate of drug-likeness (QED) is 0.260. The summed E-state index contributed by atoms with van der Waals surface area (Å²) in [5.74, 6) is -0.207. The molecule has 7 N–H and O–H groups in total. The minimum absolute atomic E-state index is 0.00802. The van der Waals surface area contributed by atoms with Gasteiger partial charge in [0.25, 0.3) is 0 Å². The Hall–Kier alpha value is -3.29. The number of piperidine rings is 1. The highest BCUT2D eigenvalue weighted by molar-refractivity contribution is 6.02. The first-order valence-electron chi connectivity index (χ1n) is 12.2. The number of imide groups is 1. The van der Waals surface area contributed by atoms with Crippen molar-refractivity contribution in [2.24, 2.45) is 27.4 Å². The Kier molecular flexibility index (Phi) is 5.85. The van der Waals surface area contributed by atoms with E-state index >= 15 is 0 Å². The van der Waals surface area contributed by atoms with E-state index in [2.05, 4.69) is 20.6 Å². The monoisotopic (exact) mass is 490 g/mol. The lowest BCUT2D eigenvalue weighted by Gasteiger charge is -2.48. The van der Waals surface area contributed by atoms with E-state index < -0.39 is 23.8 Å². The Labute approximate surface area is 203 Å². The molecule has 192 valence electrons. The highest BCUT2D eigenvalue weighted by Gasteiger charge is 2.65. The van der Waals surface area contributed by atoms with Crippen molar-refractivity contribution in [3.05, 3.63) is 0 Å². The van der Waals surface area contributed by atoms with Gasteiger partial charge in [0, 0.05) is 39.2 Å². The van der Waals surface area contributed by atoms with Crippen LogP contribution in [0.5, 0.6) is 0 Å². The number of urea groups is 2. The van der Waals surface area contributed by atoms with Crippen LogP contribution in [0.3, 0.4) is 0 Å². The molecule has 3 unspecified atom stereocenters. The number of nitrogens with one attached hydrogen (secondary N) is 2. The molecule has 0 aromatic carbocycles. The van der Waals surface area contributed by atoms with E-state index in [-0.39, 0.29) is 55.5 Å². The minimum atomic E-state index is -0.944. The number of hydrogen-bond acceptors (Lipinski definition) is 10. The zero-order chi connectivity index (χ0) is 24.9. The fourth-order valence-electron chi connectivity index (χ4n) is 6.28. The molecule has 0 saturated carbocycles. The lowest BCUT2D eigenvalue weighted by molar-refractivity contribution is -0.125. The molecule has 5 heterocycles. The third-order valence-electron chi connectivity index (χ3n) is 7.87. The second-order valence-electron chi connectivity index (χ2n) is 9.94. The number of aliphatic hydroxyl groups excluding tert-OH is 1. The molecule has 0 aliphatic carbocycles. The number of guanidine groups is 2. The molecule has 5 aliphatic heterocycles. The van der Waals surface area contributed by atoms with E-state index in [0.29, 0.717) is 26.1 Å². The molecule has 3 saturated heterocycles. The Balaban J connectivity index is 1.44. The number of aliphatic imine (C=N–C) groups is 2. The number of aliphatic hydroxyl groups is 1. The van der Waals surface area contributed by atoms with Crippen LogP contribution in [0.4, 0.5) is 9.59 Å². The summed E-state index contributed by atoms with van der Waals surface area (Å²) in [6.45, 7) is 1.70. The molecule has 14 heteroatoms. The summed E-state index contributed by atoms with van der Waals surface area (Å²) in [6.07, 6.45) is 3.43. The van der Waals surface area contributed by atoms with Gasteiger partial charge in [0.2, 0.25) is 5.91 Å². The van der Waals surface area contributed by atoms with Gasteiger partial charge in [-0.05, 0) is 25.7 Å². The number of amides is 5. The Bertz CT molecular complexity index is 966. The van der Waals surface area contributed by atoms with Gasteiger partial charge in [-0.3, -0.25) is 9.69 Å². The normalized spacial score (nSPS) is 34.5. The van der Waals surface area contributed by atoms with Gasteiger partial charge in [-0.1, -0.05) is 0 Å². The van der Waals surface area contributed by atoms with Gasteiger partial charge in [-0.25, -0.2) is 19.6 Å². The molecule has 0 aromatic rings. The first-order valence-corrected chi connectivity index (χ1v) is 12.2. The van der Waals surface area contributed by atoms with Gasteiger partial charge in [-0.2, -0.15) is 0 Å². The van der Waals surface area contributed by atoms with E-state index in [0.717, 1.165) is 19.3 Å². The zero-order valence-electron chi connectivity index (χ0n) is 19.9. The van der Waals surface area contributed by atoms with Gasteiger partial charge < -0.3 is 41.9 Å². The summed E-state index contributed by atoms with van der Waals surface area (Å²) in [6, 6.07) is -2.08. The lowest BCUT2D eigenvalue weighted by atomic mass is 9.79. The van der Waals surface area contributed by atoms with Crippen LogP contribution in [0.25, 0.3) is 0 Å². The first-order chi connectivity index (χ1) is 16.8. The average molecular weight is 491 g/mol. The molecule has 5 aliphatic rings. The predicted molar refractivity (Wildman–Crippen MR) is 126 cm³/mol. The molecule has 14 nitrogen and oxygen atoms in total. The summed E-state index contributed by atoms with van der Waals surface area (Å²) >= 11 is 0. The smallest absolute Gasteiger partial charge is 0.327 e. The summed E-state index contributed by atoms with van der Waals surface area (Å²) < 4.78 is 0. The summed E-state index contributed by atoms with van der Waals surface area (Å²) in [7, 11) is 1.57. The molecule has 5 rings (SSSR count). The second-order valence-corrected chi connectivity index (χ2v) is 9.94. The predicted octanol–water partition coefficient (Wildman–Crippen LogP) is -2.56. The van der Waals surface area contributed by atoms with Crippen molar-refractivity contribution in [3.8, 4) is 0 Å². The number of carbonyl (C=O) groups is 3. The average Bonchev–Trinajstić information content (AvgIpc) is 3.42. The third kappa shape index (κ3) is 3.70. The number of nitrogens with zero attached hydrogens (tertiary/aromatic N) is 6. The van der Waals surface area contributed by atoms with Crippen LogP contribution in [-0.4, -0.2) is 125 Å². The van der Waals surface area contributed by atoms with Crippen LogP contribution in [-0.2, 0) is 4.79 Å². The molecule has 35 heavy (non-hydrogen) atoms. The molecule has 0 bridgehead atoms. The maximum Gasteiger partial charge on any atom is 0.327 e. The summed E-state index contributed by atoms with van der Waals surface area (Å²) in [4.78, 5) is 53.4. The molecule has 3 fully saturated rings. The first kappa shape index (κ1) is 23.5. The number of likely N-dealkylation sites (N-methyl/N-ethyl adjacent to an activating group) is 1. The molecule has 0 aromatic heterocycles. The van der Waals surface area contributed by atoms with Gasteiger partial charge >= 0.3 is 12.1 Å². The molecular formula is C21H34N10O4. The van der Waals surface area contributed by atoms with Crippen LogP contribution in [0.15, 0.2) is 9.98 Å². The van der Waals surface area contributed by atoms with Crippen LogP contribution in [0, 0.1) is 5.92 Å². The van der Waals surface area contributed by atoms with Crippen molar-refractivity contribution >= 4 is 29.9 Å². The van der Waals surface area contributed by atoms with E-state index in [1.807, 2.05) is 9.80 Å². The fraction of sp³-hybridized carbons (Fsp3) is 0.762. The van der Waals surface area contributed by atoms with E-state index in [4.69, 9.17) is 11.5 Å². The Morgan fingerprint density at radius 1 is 1.23 bits per heavy atom. The minimum Gasteiger partial charge on any atom is -0.396 e. The number of rotatable bonds is 5. The number of carbonyl (C=O) groups excluding carboxylic acids is 3. The van der Waals surface area contributed by atoms with Gasteiger partial charge in [-0.15, -0.1) is 0 Å². The van der Waals surface area contributed by atoms with Crippen molar-refractivity contribution in [1.29, 1.82) is 0 Å². The van der Waals surface area contributed by atoms with Crippen LogP contribution < -0.4 is 22.1 Å². The Morgan fingerprint density at radius 2 is 1.97 bits per heavy atom. The topological polar surface area (TPSA) is 185 Å². The lowest BCUT2D eigenvalue weighted by Crippen LogP contribution is -2.72. The molecule has 0 radical (unpaired) electrons. The van der Waals surface area contributed by atoms with Gasteiger partial charge in [0.1, 0.15) is 18.2 Å². The fourth-order valence-corrected chi connectivity index (χ4v) is 6.28. The highest BCUT2D eigenvalue weighted by atomic mass is 16.3. The second kappa shape index (κ2) is 8.73. The van der Waals surface area contributed by atoms with Crippen LogP contribution >= 0.6 is 0 Å². The third-order valence-corrected chi connectivity index (χ3v) is 7.87. The molecular weight excluding hydrogens is 456 g/mol. The van der Waals surface area contributed by atoms with Crippen LogP contribution in [0.1, 0.15) is 25.7 Å². The number of nitrogens with two attached hydrogens (primary N) is 2. The largest absolute Gasteiger partial charge is 0.396 e. The molecule has 5 amide bonds. The van der Waals surface area contributed by atoms with Crippen molar-refractivity contribution in [2.45, 2.75) is 49.5 Å². The standard InChI is InChI=1S/C21H34N10O4/c1-28-11-15(33)30(20(28)35)9-14-16-21(27-17(22)26-16)12(5-8-32)13(10-31(21)18(23)24-14)25-19(34)29-6-3-2-4-7-29/h12-14,16,32H,2-11H2,1H3,(H2,23,24)(H,25,34)(H3,22,26,27)/t12?,13?,14-,16?,21+/m0/s1. The molecule has 5 atom stereocenters. The molecule has 1 spiro atoms. The highest BCUT2D eigenvalue weighted by Crippen LogP contribution is 2.45. The number of hydrogen-bond donors (Lipinski definition) is 5. The van der Waals surface area contributed by atoms with Crippen molar-refractivity contribution in [2.75, 3.05) is 46.4 Å². The van der Waals surface area contributed by atoms with E-state index in [9.17, 15) is 19.5 Å². The van der Waals surface area contributed by atoms with Gasteiger partial charge in [0.05, 0.1) is 18.6 Å². The van der Waals surface area contributed by atoms with Gasteiger partial charge in [0.15, 0.2) is 11.9 Å². The van der Waals surface area contributed by atoms with Crippen LogP contribution in [0.2, 0.25) is 0 Å². The maximum atomic E-state index is 13.1.